The van der Waals surface area contributed by atoms with Crippen molar-refractivity contribution in [3.05, 3.63) is 29.7 Å². The van der Waals surface area contributed by atoms with E-state index in [1.54, 1.807) is 0 Å². The minimum Gasteiger partial charge on any atom is -0.300 e. The van der Waals surface area contributed by atoms with Gasteiger partial charge in [0.1, 0.15) is 5.78 Å². The topological polar surface area (TPSA) is 29.4 Å². The van der Waals surface area contributed by atoms with Crippen LogP contribution in [0.3, 0.4) is 0 Å². The molecule has 2 nitrogen and oxygen atoms in total. The number of hydrogen-bond acceptors (Lipinski definition) is 2. The lowest BCUT2D eigenvalue weighted by Gasteiger charge is -2.26. The highest BCUT2D eigenvalue weighted by Crippen LogP contribution is 2.30. The molecule has 0 aromatic carbocycles. The van der Waals surface area contributed by atoms with E-state index in [9.17, 15) is 4.79 Å². The fraction of sp³-hybridized carbons (Fsp3) is 0.696. The summed E-state index contributed by atoms with van der Waals surface area (Å²) in [5.74, 6) is 1.43. The zero-order valence-electron chi connectivity index (χ0n) is 17.4. The maximum Gasteiger partial charge on any atom is 0.132 e. The van der Waals surface area contributed by atoms with Crippen LogP contribution in [0.2, 0.25) is 0 Å². The smallest absolute Gasteiger partial charge is 0.132 e. The van der Waals surface area contributed by atoms with Crippen molar-refractivity contribution in [2.75, 3.05) is 0 Å². The summed E-state index contributed by atoms with van der Waals surface area (Å²) in [6.45, 7) is 12.6. The molecule has 2 heteroatoms. The van der Waals surface area contributed by atoms with Crippen LogP contribution in [0.25, 0.3) is 0 Å². The molecule has 142 valence electrons. The lowest BCUT2D eigenvalue weighted by atomic mass is 9.78. The Bertz CT molecular complexity index is 486. The molecule has 0 aromatic heterocycles. The minimum absolute atomic E-state index is 0.384. The number of nitrogens with zero attached hydrogens (tertiary/aromatic N) is 1. The molecule has 0 saturated carbocycles. The molecule has 1 aliphatic heterocycles. The predicted molar refractivity (Wildman–Crippen MR) is 111 cm³/mol. The van der Waals surface area contributed by atoms with E-state index in [0.29, 0.717) is 30.5 Å². The number of ketones is 1. The summed E-state index contributed by atoms with van der Waals surface area (Å²) in [5.41, 5.74) is 5.33. The Kier molecular flexibility index (Phi) is 14.1. The Labute approximate surface area is 156 Å². The van der Waals surface area contributed by atoms with Crippen LogP contribution in [0.5, 0.6) is 0 Å². The Morgan fingerprint density at radius 2 is 1.72 bits per heavy atom. The zero-order valence-corrected chi connectivity index (χ0v) is 17.4. The number of hydrogen-bond donors (Lipinski definition) is 0. The lowest BCUT2D eigenvalue weighted by Crippen LogP contribution is -2.21. The first-order chi connectivity index (χ1) is 12.1. The van der Waals surface area contributed by atoms with Crippen molar-refractivity contribution in [3.8, 4) is 0 Å². The molecule has 0 saturated heterocycles. The standard InChI is InChI=1S/C21H33NO.C2H6/c1-5-11-17(12-6-2)18(16-21(23)8-4)15-20-14-10-9-13-19(7-3)22-20;1-2/h9-10,14,17-18H,5-8,11-12,15-16H2,1-4H3;1-2H3. The summed E-state index contributed by atoms with van der Waals surface area (Å²) >= 11 is 0. The second-order valence-corrected chi connectivity index (χ2v) is 6.47. The maximum absolute atomic E-state index is 12.1. The van der Waals surface area contributed by atoms with E-state index in [4.69, 9.17) is 4.99 Å². The molecular weight excluding hydrogens is 306 g/mol. The molecule has 1 aliphatic rings. The van der Waals surface area contributed by atoms with E-state index < -0.39 is 0 Å². The van der Waals surface area contributed by atoms with Crippen molar-refractivity contribution in [1.29, 1.82) is 0 Å². The molecule has 1 atom stereocenters. The highest BCUT2D eigenvalue weighted by atomic mass is 16.1. The van der Waals surface area contributed by atoms with Gasteiger partial charge in [-0.15, -0.1) is 0 Å². The van der Waals surface area contributed by atoms with Crippen LogP contribution in [0.15, 0.2) is 34.6 Å². The highest BCUT2D eigenvalue weighted by Gasteiger charge is 2.24. The van der Waals surface area contributed by atoms with Crippen LogP contribution < -0.4 is 0 Å². The summed E-state index contributed by atoms with van der Waals surface area (Å²) < 4.78 is 0. The number of carbonyl (C=O) groups excluding carboxylic acids is 1. The summed E-state index contributed by atoms with van der Waals surface area (Å²) in [4.78, 5) is 16.8. The van der Waals surface area contributed by atoms with E-state index >= 15 is 0 Å². The molecule has 1 heterocycles. The normalized spacial score (nSPS) is 14.4. The fourth-order valence-electron chi connectivity index (χ4n) is 3.31. The number of aliphatic imine (C=N–C) groups is 1. The summed E-state index contributed by atoms with van der Waals surface area (Å²) in [5, 5.41) is 0. The minimum atomic E-state index is 0.384. The van der Waals surface area contributed by atoms with Crippen molar-refractivity contribution < 1.29 is 4.79 Å². The average molecular weight is 346 g/mol. The molecule has 0 radical (unpaired) electrons. The SMILES string of the molecule is CC.CCCC(CCC)C(CC(=O)CC)CC1=NC(CC)=C=CC=C1. The summed E-state index contributed by atoms with van der Waals surface area (Å²) in [6.07, 6.45) is 14.0. The van der Waals surface area contributed by atoms with Crippen LogP contribution in [0.1, 0.15) is 92.9 Å². The molecular formula is C23H39NO. The quantitative estimate of drug-likeness (QED) is 0.368. The van der Waals surface area contributed by atoms with Gasteiger partial charge in [0.15, 0.2) is 0 Å². The first-order valence-electron chi connectivity index (χ1n) is 10.4. The van der Waals surface area contributed by atoms with E-state index in [0.717, 1.165) is 24.3 Å². The van der Waals surface area contributed by atoms with Gasteiger partial charge in [-0.1, -0.05) is 79.0 Å². The molecule has 0 aromatic rings. The van der Waals surface area contributed by atoms with E-state index in [1.807, 2.05) is 32.9 Å². The molecule has 0 N–H and O–H groups in total. The van der Waals surface area contributed by atoms with E-state index in [-0.39, 0.29) is 0 Å². The molecule has 1 unspecified atom stereocenters. The van der Waals surface area contributed by atoms with Gasteiger partial charge in [-0.2, -0.15) is 0 Å². The molecule has 0 fully saturated rings. The van der Waals surface area contributed by atoms with Crippen LogP contribution >= 0.6 is 0 Å². The third-order valence-corrected chi connectivity index (χ3v) is 4.59. The van der Waals surface area contributed by atoms with Crippen LogP contribution in [0, 0.1) is 11.8 Å². The molecule has 0 aliphatic carbocycles. The van der Waals surface area contributed by atoms with Crippen molar-refractivity contribution in [2.24, 2.45) is 16.8 Å². The molecule has 1 rings (SSSR count). The highest BCUT2D eigenvalue weighted by molar-refractivity contribution is 5.96. The number of rotatable bonds is 11. The fourth-order valence-corrected chi connectivity index (χ4v) is 3.31. The molecule has 0 spiro atoms. The first kappa shape index (κ1) is 23.6. The second kappa shape index (κ2) is 14.9. The number of carbonyl (C=O) groups is 1. The largest absolute Gasteiger partial charge is 0.300 e. The van der Waals surface area contributed by atoms with E-state index in [1.165, 1.54) is 25.7 Å². The first-order valence-corrected chi connectivity index (χ1v) is 10.4. The molecule has 0 bridgehead atoms. The lowest BCUT2D eigenvalue weighted by molar-refractivity contribution is -0.120. The van der Waals surface area contributed by atoms with E-state index in [2.05, 4.69) is 32.6 Å². The number of allylic oxidation sites excluding steroid dienone is 3. The van der Waals surface area contributed by atoms with Gasteiger partial charge in [0, 0.05) is 18.6 Å². The Morgan fingerprint density at radius 1 is 1.08 bits per heavy atom. The van der Waals surface area contributed by atoms with Gasteiger partial charge < -0.3 is 0 Å². The van der Waals surface area contributed by atoms with Gasteiger partial charge >= 0.3 is 0 Å². The van der Waals surface area contributed by atoms with Crippen molar-refractivity contribution in [2.45, 2.75) is 92.9 Å². The van der Waals surface area contributed by atoms with Crippen molar-refractivity contribution in [1.82, 2.24) is 0 Å². The Hall–Kier alpha value is -1.40. The van der Waals surface area contributed by atoms with Gasteiger partial charge in [-0.05, 0) is 36.8 Å². The van der Waals surface area contributed by atoms with Crippen LogP contribution in [-0.2, 0) is 4.79 Å². The third-order valence-electron chi connectivity index (χ3n) is 4.59. The van der Waals surface area contributed by atoms with Crippen LogP contribution in [0.4, 0.5) is 0 Å². The second-order valence-electron chi connectivity index (χ2n) is 6.47. The van der Waals surface area contributed by atoms with Gasteiger partial charge in [0.2, 0.25) is 0 Å². The molecule has 0 amide bonds. The van der Waals surface area contributed by atoms with Gasteiger partial charge in [-0.25, -0.2) is 4.99 Å². The average Bonchev–Trinajstić information content (AvgIpc) is 2.87. The monoisotopic (exact) mass is 345 g/mol. The van der Waals surface area contributed by atoms with Crippen LogP contribution in [-0.4, -0.2) is 11.5 Å². The Balaban J connectivity index is 0.00000277. The third kappa shape index (κ3) is 9.60. The summed E-state index contributed by atoms with van der Waals surface area (Å²) in [7, 11) is 0. The zero-order chi connectivity index (χ0) is 19.1. The molecule has 25 heavy (non-hydrogen) atoms. The van der Waals surface area contributed by atoms with Gasteiger partial charge in [0.05, 0.1) is 5.70 Å². The van der Waals surface area contributed by atoms with Crippen molar-refractivity contribution in [3.63, 3.8) is 0 Å². The van der Waals surface area contributed by atoms with Gasteiger partial charge in [0.25, 0.3) is 0 Å². The Morgan fingerprint density at radius 3 is 2.24 bits per heavy atom. The summed E-state index contributed by atoms with van der Waals surface area (Å²) in [6, 6.07) is 0. The number of Topliss-reactive ketones (excluding diaryl/α,β-unsaturated/α-hetero) is 1. The maximum atomic E-state index is 12.1. The predicted octanol–water partition coefficient (Wildman–Crippen LogP) is 7.06. The van der Waals surface area contributed by atoms with Gasteiger partial charge in [-0.3, -0.25) is 4.79 Å². The van der Waals surface area contributed by atoms with Crippen molar-refractivity contribution >= 4 is 11.5 Å².